The normalized spacial score (nSPS) is 9.73. The molecule has 11 heavy (non-hydrogen) atoms. The zero-order chi connectivity index (χ0) is 8.27. The fraction of sp³-hybridized carbons (Fsp3) is 0.143. The van der Waals surface area contributed by atoms with Gasteiger partial charge in [-0.1, -0.05) is 29.3 Å². The Hall–Kier alpha value is 0.330. The van der Waals surface area contributed by atoms with Crippen LogP contribution >= 0.6 is 45.8 Å². The molecule has 1 aromatic carbocycles. The Balaban J connectivity index is 2.96. The second-order valence-electron chi connectivity index (χ2n) is 1.81. The van der Waals surface area contributed by atoms with Crippen molar-refractivity contribution in [1.82, 2.24) is 0 Å². The number of benzene rings is 1. The lowest BCUT2D eigenvalue weighted by Gasteiger charge is -2.04. The average molecular weight is 303 g/mol. The van der Waals surface area contributed by atoms with E-state index in [-0.39, 0.29) is 6.07 Å². The molecule has 0 bridgehead atoms. The number of alkyl halides is 1. The van der Waals surface area contributed by atoms with Gasteiger partial charge in [0.15, 0.2) is 6.07 Å². The molecule has 1 rings (SSSR count). The lowest BCUT2D eigenvalue weighted by Crippen LogP contribution is -1.90. The van der Waals surface area contributed by atoms with Crippen molar-refractivity contribution in [3.63, 3.8) is 0 Å². The Morgan fingerprint density at radius 3 is 2.82 bits per heavy atom. The molecule has 0 aliphatic heterocycles. The molecule has 60 valence electrons. The molecule has 0 aromatic heterocycles. The molecular weight excluding hydrogens is 298 g/mol. The van der Waals surface area contributed by atoms with E-state index >= 15 is 0 Å². The summed E-state index contributed by atoms with van der Waals surface area (Å²) in [6.07, 6.45) is 0. The summed E-state index contributed by atoms with van der Waals surface area (Å²) in [5.74, 6) is 0.633. The van der Waals surface area contributed by atoms with E-state index < -0.39 is 0 Å². The first kappa shape index (κ1) is 9.42. The highest BCUT2D eigenvalue weighted by Gasteiger charge is 2.02. The molecule has 0 fully saturated rings. The van der Waals surface area contributed by atoms with Gasteiger partial charge in [0.2, 0.25) is 0 Å². The van der Waals surface area contributed by atoms with Gasteiger partial charge in [0.05, 0.1) is 5.02 Å². The van der Waals surface area contributed by atoms with Crippen molar-refractivity contribution in [1.29, 1.82) is 0 Å². The van der Waals surface area contributed by atoms with Gasteiger partial charge in [0.1, 0.15) is 5.75 Å². The number of halogens is 3. The molecule has 4 heteroatoms. The van der Waals surface area contributed by atoms with Gasteiger partial charge in [-0.05, 0) is 34.7 Å². The van der Waals surface area contributed by atoms with E-state index in [1.54, 1.807) is 6.07 Å². The summed E-state index contributed by atoms with van der Waals surface area (Å²) in [5, 5.41) is 0.619. The van der Waals surface area contributed by atoms with E-state index in [9.17, 15) is 0 Å². The van der Waals surface area contributed by atoms with Crippen molar-refractivity contribution in [3.05, 3.63) is 26.8 Å². The number of rotatable bonds is 2. The van der Waals surface area contributed by atoms with E-state index in [0.29, 0.717) is 10.8 Å². The van der Waals surface area contributed by atoms with Crippen molar-refractivity contribution < 1.29 is 4.74 Å². The summed E-state index contributed by atoms with van der Waals surface area (Å²) < 4.78 is 6.01. The summed E-state index contributed by atoms with van der Waals surface area (Å²) in [7, 11) is 0. The van der Waals surface area contributed by atoms with Gasteiger partial charge < -0.3 is 4.74 Å². The highest BCUT2D eigenvalue weighted by Crippen LogP contribution is 2.28. The zero-order valence-corrected chi connectivity index (χ0v) is 9.15. The molecular formula is C7H5Cl2IO. The lowest BCUT2D eigenvalue weighted by atomic mass is 10.3. The Morgan fingerprint density at radius 1 is 1.45 bits per heavy atom. The van der Waals surface area contributed by atoms with Crippen LogP contribution in [0, 0.1) is 3.57 Å². The lowest BCUT2D eigenvalue weighted by molar-refractivity contribution is 0.388. The number of ether oxygens (including phenoxy) is 1. The number of hydrogen-bond donors (Lipinski definition) is 0. The average Bonchev–Trinajstić information content (AvgIpc) is 1.99. The first-order valence-electron chi connectivity index (χ1n) is 2.88. The maximum absolute atomic E-state index is 5.88. The SMILES string of the molecule is ClCOc1cccc(I)c1Cl. The largest absolute Gasteiger partial charge is 0.476 e. The number of hydrogen-bond acceptors (Lipinski definition) is 1. The van der Waals surface area contributed by atoms with E-state index in [1.807, 2.05) is 12.1 Å². The molecule has 0 spiro atoms. The topological polar surface area (TPSA) is 9.23 Å². The van der Waals surface area contributed by atoms with Crippen molar-refractivity contribution in [3.8, 4) is 5.75 Å². The van der Waals surface area contributed by atoms with Gasteiger partial charge in [-0.15, -0.1) is 0 Å². The molecule has 0 atom stereocenters. The molecule has 0 aliphatic carbocycles. The van der Waals surface area contributed by atoms with Crippen LogP contribution in [0.5, 0.6) is 5.75 Å². The summed E-state index contributed by atoms with van der Waals surface area (Å²) in [5.41, 5.74) is 0. The van der Waals surface area contributed by atoms with Crippen LogP contribution in [-0.2, 0) is 0 Å². The molecule has 1 aromatic rings. The van der Waals surface area contributed by atoms with Crippen molar-refractivity contribution in [2.45, 2.75) is 0 Å². The molecule has 1 nitrogen and oxygen atoms in total. The second kappa shape index (κ2) is 4.38. The summed E-state index contributed by atoms with van der Waals surface area (Å²) in [4.78, 5) is 0. The third kappa shape index (κ3) is 2.39. The van der Waals surface area contributed by atoms with Crippen LogP contribution in [0.15, 0.2) is 18.2 Å². The smallest absolute Gasteiger partial charge is 0.162 e. The van der Waals surface area contributed by atoms with Crippen LogP contribution in [0.3, 0.4) is 0 Å². The molecule has 0 saturated carbocycles. The molecule has 0 N–H and O–H groups in total. The first-order chi connectivity index (χ1) is 5.25. The quantitative estimate of drug-likeness (QED) is 0.600. The van der Waals surface area contributed by atoms with E-state index in [2.05, 4.69) is 22.6 Å². The molecule has 0 amide bonds. The Bertz CT molecular complexity index is 252. The van der Waals surface area contributed by atoms with Crippen LogP contribution in [0.4, 0.5) is 0 Å². The van der Waals surface area contributed by atoms with Crippen LogP contribution < -0.4 is 4.74 Å². The highest BCUT2D eigenvalue weighted by molar-refractivity contribution is 14.1. The summed E-state index contributed by atoms with van der Waals surface area (Å²) >= 11 is 13.4. The molecule has 0 heterocycles. The minimum atomic E-state index is 0.125. The van der Waals surface area contributed by atoms with Gasteiger partial charge in [0.25, 0.3) is 0 Å². The molecule has 0 unspecified atom stereocenters. The van der Waals surface area contributed by atoms with Gasteiger partial charge in [-0.3, -0.25) is 0 Å². The van der Waals surface area contributed by atoms with Crippen molar-refractivity contribution in [2.24, 2.45) is 0 Å². The minimum Gasteiger partial charge on any atom is -0.476 e. The van der Waals surface area contributed by atoms with Crippen molar-refractivity contribution >= 4 is 45.8 Å². The minimum absolute atomic E-state index is 0.125. The fourth-order valence-corrected chi connectivity index (χ4v) is 1.43. The van der Waals surface area contributed by atoms with E-state index in [0.717, 1.165) is 3.57 Å². The summed E-state index contributed by atoms with van der Waals surface area (Å²) in [6.45, 7) is 0. The maximum atomic E-state index is 5.88. The van der Waals surface area contributed by atoms with E-state index in [4.69, 9.17) is 27.9 Å². The highest BCUT2D eigenvalue weighted by atomic mass is 127. The Morgan fingerprint density at radius 2 is 2.18 bits per heavy atom. The predicted octanol–water partition coefficient (Wildman–Crippen LogP) is 3.52. The summed E-state index contributed by atoms with van der Waals surface area (Å²) in [6, 6.07) is 5.69. The second-order valence-corrected chi connectivity index (χ2v) is 3.56. The van der Waals surface area contributed by atoms with Gasteiger partial charge in [0, 0.05) is 3.57 Å². The van der Waals surface area contributed by atoms with Gasteiger partial charge in [-0.25, -0.2) is 0 Å². The van der Waals surface area contributed by atoms with Gasteiger partial charge >= 0.3 is 0 Å². The zero-order valence-electron chi connectivity index (χ0n) is 5.48. The van der Waals surface area contributed by atoms with Crippen LogP contribution in [0.1, 0.15) is 0 Å². The van der Waals surface area contributed by atoms with Gasteiger partial charge in [-0.2, -0.15) is 0 Å². The third-order valence-electron chi connectivity index (χ3n) is 1.13. The van der Waals surface area contributed by atoms with Crippen LogP contribution in [-0.4, -0.2) is 6.07 Å². The molecule has 0 aliphatic rings. The first-order valence-corrected chi connectivity index (χ1v) is 4.87. The maximum Gasteiger partial charge on any atom is 0.162 e. The third-order valence-corrected chi connectivity index (χ3v) is 2.84. The Kier molecular flexibility index (Phi) is 3.75. The van der Waals surface area contributed by atoms with E-state index in [1.165, 1.54) is 0 Å². The fourth-order valence-electron chi connectivity index (χ4n) is 0.654. The standard InChI is InChI=1S/C7H5Cl2IO/c8-4-11-6-3-1-2-5(10)7(6)9/h1-3H,4H2. The van der Waals surface area contributed by atoms with Crippen LogP contribution in [0.2, 0.25) is 5.02 Å². The predicted molar refractivity (Wildman–Crippen MR) is 55.5 cm³/mol. The molecule has 0 radical (unpaired) electrons. The van der Waals surface area contributed by atoms with Crippen LogP contribution in [0.25, 0.3) is 0 Å². The molecule has 0 saturated heterocycles. The van der Waals surface area contributed by atoms with Crippen molar-refractivity contribution in [2.75, 3.05) is 6.07 Å². The Labute approximate surface area is 88.8 Å². The monoisotopic (exact) mass is 302 g/mol.